The van der Waals surface area contributed by atoms with Crippen LogP contribution < -0.4 is 4.74 Å². The fourth-order valence-electron chi connectivity index (χ4n) is 5.93. The molecule has 116 valence electrons. The van der Waals surface area contributed by atoms with Crippen molar-refractivity contribution in [2.24, 2.45) is 11.3 Å². The van der Waals surface area contributed by atoms with Crippen molar-refractivity contribution < 1.29 is 14.3 Å². The summed E-state index contributed by atoms with van der Waals surface area (Å²) in [5, 5.41) is 0. The number of fused-ring (bicyclic) bond motifs is 2. The molecular formula is C19H22O3. The van der Waals surface area contributed by atoms with E-state index in [0.717, 1.165) is 44.3 Å². The van der Waals surface area contributed by atoms with Crippen molar-refractivity contribution in [2.45, 2.75) is 56.7 Å². The summed E-state index contributed by atoms with van der Waals surface area (Å²) in [4.78, 5) is 12.4. The number of hydrogen-bond donors (Lipinski definition) is 0. The van der Waals surface area contributed by atoms with E-state index in [9.17, 15) is 4.79 Å². The summed E-state index contributed by atoms with van der Waals surface area (Å²) in [7, 11) is 1.72. The Hall–Kier alpha value is -1.35. The minimum absolute atomic E-state index is 0.0618. The molecule has 1 aromatic rings. The zero-order valence-electron chi connectivity index (χ0n) is 13.3. The largest absolute Gasteiger partial charge is 0.497 e. The predicted octanol–water partition coefficient (Wildman–Crippen LogP) is 3.38. The molecule has 0 amide bonds. The van der Waals surface area contributed by atoms with Crippen LogP contribution in [0.5, 0.6) is 5.75 Å². The fourth-order valence-corrected chi connectivity index (χ4v) is 5.93. The topological polar surface area (TPSA) is 38.8 Å². The summed E-state index contributed by atoms with van der Waals surface area (Å²) >= 11 is 0. The molecule has 0 N–H and O–H groups in total. The lowest BCUT2D eigenvalue weighted by molar-refractivity contribution is -0.128. The molecule has 0 unspecified atom stereocenters. The third-order valence-corrected chi connectivity index (χ3v) is 7.14. The molecule has 3 heteroatoms. The van der Waals surface area contributed by atoms with Crippen LogP contribution in [0.2, 0.25) is 0 Å². The van der Waals surface area contributed by atoms with Gasteiger partial charge in [-0.3, -0.25) is 4.79 Å². The maximum atomic E-state index is 12.4. The van der Waals surface area contributed by atoms with Gasteiger partial charge in [0.05, 0.1) is 7.11 Å². The fraction of sp³-hybridized carbons (Fsp3) is 0.632. The molecule has 0 bridgehead atoms. The van der Waals surface area contributed by atoms with Gasteiger partial charge in [-0.15, -0.1) is 0 Å². The Bertz CT molecular complexity index is 696. The van der Waals surface area contributed by atoms with Gasteiger partial charge in [-0.05, 0) is 55.4 Å². The summed E-state index contributed by atoms with van der Waals surface area (Å²) in [6.45, 7) is 2.19. The highest BCUT2D eigenvalue weighted by Gasteiger charge is 2.80. The Balaban J connectivity index is 1.62. The minimum Gasteiger partial charge on any atom is -0.497 e. The molecule has 1 aromatic carbocycles. The van der Waals surface area contributed by atoms with E-state index in [0.29, 0.717) is 11.7 Å². The van der Waals surface area contributed by atoms with Crippen LogP contribution in [0.25, 0.3) is 0 Å². The number of methoxy groups -OCH3 is 1. The molecule has 0 spiro atoms. The lowest BCUT2D eigenvalue weighted by Crippen LogP contribution is -2.48. The molecule has 22 heavy (non-hydrogen) atoms. The number of carbonyl (C=O) groups is 1. The number of epoxide rings is 1. The van der Waals surface area contributed by atoms with Gasteiger partial charge < -0.3 is 9.47 Å². The Morgan fingerprint density at radius 2 is 2.09 bits per heavy atom. The van der Waals surface area contributed by atoms with E-state index in [1.165, 1.54) is 11.1 Å². The quantitative estimate of drug-likeness (QED) is 0.746. The molecule has 0 aromatic heterocycles. The monoisotopic (exact) mass is 298 g/mol. The van der Waals surface area contributed by atoms with Crippen LogP contribution in [0.15, 0.2) is 18.2 Å². The number of hydrogen-bond acceptors (Lipinski definition) is 3. The first kappa shape index (κ1) is 13.1. The van der Waals surface area contributed by atoms with Crippen LogP contribution in [0, 0.1) is 11.3 Å². The Morgan fingerprint density at radius 3 is 2.91 bits per heavy atom. The number of Topliss-reactive ketones (excluding diaryl/α,β-unsaturated/α-hetero) is 1. The van der Waals surface area contributed by atoms with Crippen molar-refractivity contribution in [3.63, 3.8) is 0 Å². The number of carbonyl (C=O) groups excluding carboxylic acids is 1. The van der Waals surface area contributed by atoms with Crippen molar-refractivity contribution in [1.82, 2.24) is 0 Å². The highest BCUT2D eigenvalue weighted by molar-refractivity contribution is 5.87. The first-order chi connectivity index (χ1) is 10.6. The lowest BCUT2D eigenvalue weighted by atomic mass is 9.55. The highest BCUT2D eigenvalue weighted by atomic mass is 16.6. The molecule has 4 atom stereocenters. The van der Waals surface area contributed by atoms with Crippen LogP contribution in [0.4, 0.5) is 0 Å². The first-order valence-electron chi connectivity index (χ1n) is 8.47. The van der Waals surface area contributed by atoms with E-state index in [2.05, 4.69) is 25.1 Å². The number of benzene rings is 1. The van der Waals surface area contributed by atoms with Gasteiger partial charge in [0, 0.05) is 17.8 Å². The van der Waals surface area contributed by atoms with Crippen molar-refractivity contribution in [3.8, 4) is 5.75 Å². The summed E-state index contributed by atoms with van der Waals surface area (Å²) in [5.74, 6) is 1.81. The van der Waals surface area contributed by atoms with Crippen molar-refractivity contribution in [2.75, 3.05) is 7.11 Å². The van der Waals surface area contributed by atoms with Gasteiger partial charge in [-0.2, -0.15) is 0 Å². The molecule has 0 radical (unpaired) electrons. The zero-order valence-corrected chi connectivity index (χ0v) is 13.3. The molecule has 2 saturated carbocycles. The second kappa shape index (κ2) is 3.76. The Kier molecular flexibility index (Phi) is 2.24. The average Bonchev–Trinajstić information content (AvgIpc) is 3.15. The van der Waals surface area contributed by atoms with Gasteiger partial charge >= 0.3 is 0 Å². The molecule has 3 fully saturated rings. The van der Waals surface area contributed by atoms with Crippen LogP contribution >= 0.6 is 0 Å². The Morgan fingerprint density at radius 1 is 1.23 bits per heavy atom. The van der Waals surface area contributed by atoms with E-state index in [1.54, 1.807) is 7.11 Å². The maximum absolute atomic E-state index is 12.4. The standard InChI is InChI=1S/C19H22O3/c1-17-9-10-18-14-4-3-13(21-2)11-12(14)7-8-19(18,22-18)15(17)5-6-16(17)20/h3-4,11,15H,5-10H2,1-2H3/t15-,17+,18+,19-/m1/s1. The van der Waals surface area contributed by atoms with Crippen molar-refractivity contribution in [3.05, 3.63) is 29.3 Å². The normalized spacial score (nSPS) is 44.6. The van der Waals surface area contributed by atoms with Gasteiger partial charge in [0.2, 0.25) is 0 Å². The average molecular weight is 298 g/mol. The van der Waals surface area contributed by atoms with E-state index >= 15 is 0 Å². The molecule has 1 heterocycles. The zero-order chi connectivity index (χ0) is 15.2. The SMILES string of the molecule is COc1ccc2c(c1)CC[C@]13O[C@@]21CC[C@]1(C)C(=O)CC[C@H]13. The van der Waals surface area contributed by atoms with Gasteiger partial charge in [0.15, 0.2) is 0 Å². The molecule has 3 aliphatic carbocycles. The van der Waals surface area contributed by atoms with Crippen LogP contribution in [-0.2, 0) is 21.6 Å². The smallest absolute Gasteiger partial charge is 0.139 e. The van der Waals surface area contributed by atoms with Crippen LogP contribution in [0.1, 0.15) is 50.2 Å². The number of aryl methyl sites for hydroxylation is 1. The van der Waals surface area contributed by atoms with Gasteiger partial charge in [-0.1, -0.05) is 13.0 Å². The number of rotatable bonds is 1. The lowest BCUT2D eigenvalue weighted by Gasteiger charge is -2.43. The van der Waals surface area contributed by atoms with E-state index in [4.69, 9.17) is 9.47 Å². The summed E-state index contributed by atoms with van der Waals surface area (Å²) in [6.07, 6.45) is 5.82. The highest BCUT2D eigenvalue weighted by Crippen LogP contribution is 2.75. The van der Waals surface area contributed by atoms with Crippen LogP contribution in [0.3, 0.4) is 0 Å². The summed E-state index contributed by atoms with van der Waals surface area (Å²) in [5.41, 5.74) is 2.43. The predicted molar refractivity (Wildman–Crippen MR) is 81.9 cm³/mol. The van der Waals surface area contributed by atoms with Gasteiger partial charge in [0.25, 0.3) is 0 Å². The summed E-state index contributed by atoms with van der Waals surface area (Å²) in [6, 6.07) is 6.43. The maximum Gasteiger partial charge on any atom is 0.139 e. The third-order valence-electron chi connectivity index (χ3n) is 7.14. The van der Waals surface area contributed by atoms with Crippen molar-refractivity contribution >= 4 is 5.78 Å². The van der Waals surface area contributed by atoms with Gasteiger partial charge in [-0.25, -0.2) is 0 Å². The van der Waals surface area contributed by atoms with E-state index in [1.807, 2.05) is 0 Å². The molecule has 3 nitrogen and oxygen atoms in total. The molecule has 1 aliphatic heterocycles. The molecular weight excluding hydrogens is 276 g/mol. The number of ether oxygens (including phenoxy) is 2. The second-order valence-corrected chi connectivity index (χ2v) is 7.77. The summed E-state index contributed by atoms with van der Waals surface area (Å²) < 4.78 is 11.9. The molecule has 1 saturated heterocycles. The first-order valence-corrected chi connectivity index (χ1v) is 8.47. The minimum atomic E-state index is -0.135. The molecule has 5 rings (SSSR count). The molecule has 4 aliphatic rings. The second-order valence-electron chi connectivity index (χ2n) is 7.77. The van der Waals surface area contributed by atoms with Gasteiger partial charge in [0.1, 0.15) is 22.7 Å². The third kappa shape index (κ3) is 1.23. The number of ketones is 1. The van der Waals surface area contributed by atoms with Crippen molar-refractivity contribution in [1.29, 1.82) is 0 Å². The van der Waals surface area contributed by atoms with E-state index < -0.39 is 0 Å². The Labute approximate surface area is 131 Å². The van der Waals surface area contributed by atoms with Crippen LogP contribution in [-0.4, -0.2) is 18.5 Å². The van der Waals surface area contributed by atoms with E-state index in [-0.39, 0.29) is 16.6 Å².